The molecule has 0 radical (unpaired) electrons. The maximum Gasteiger partial charge on any atom is 0.252 e. The van der Waals surface area contributed by atoms with Crippen LogP contribution in [0.5, 0.6) is 0 Å². The van der Waals surface area contributed by atoms with Crippen molar-refractivity contribution in [3.05, 3.63) is 64.2 Å². The van der Waals surface area contributed by atoms with Crippen molar-refractivity contribution in [2.45, 2.75) is 64.3 Å². The summed E-state index contributed by atoms with van der Waals surface area (Å²) in [5.41, 5.74) is 4.48. The lowest BCUT2D eigenvalue weighted by molar-refractivity contribution is 0.0939. The standard InChI is InChI=1S/C24H32N2O3S/c1-17-9-10-18(2)22(15-17)20(4)25-24(27)23-16-21(12-11-19(23)3)30(28,29)26-13-7-5-6-8-14-26/h9-12,15-16,20H,5-8,13-14H2,1-4H3,(H,25,27)/t20-/m0/s1. The van der Waals surface area contributed by atoms with Crippen LogP contribution in [0, 0.1) is 20.8 Å². The van der Waals surface area contributed by atoms with Crippen molar-refractivity contribution in [1.82, 2.24) is 9.62 Å². The molecule has 1 N–H and O–H groups in total. The minimum atomic E-state index is -3.60. The summed E-state index contributed by atoms with van der Waals surface area (Å²) < 4.78 is 27.9. The van der Waals surface area contributed by atoms with Crippen molar-refractivity contribution in [3.8, 4) is 0 Å². The van der Waals surface area contributed by atoms with E-state index < -0.39 is 10.0 Å². The number of nitrogens with zero attached hydrogens (tertiary/aromatic N) is 1. The number of hydrogen-bond donors (Lipinski definition) is 1. The number of sulfonamides is 1. The van der Waals surface area contributed by atoms with Gasteiger partial charge in [0.05, 0.1) is 10.9 Å². The van der Waals surface area contributed by atoms with Gasteiger partial charge in [0.2, 0.25) is 10.0 Å². The monoisotopic (exact) mass is 428 g/mol. The van der Waals surface area contributed by atoms with Gasteiger partial charge in [0, 0.05) is 18.7 Å². The smallest absolute Gasteiger partial charge is 0.252 e. The maximum absolute atomic E-state index is 13.1. The Balaban J connectivity index is 1.85. The van der Waals surface area contributed by atoms with E-state index in [1.807, 2.05) is 33.8 Å². The highest BCUT2D eigenvalue weighted by molar-refractivity contribution is 7.89. The van der Waals surface area contributed by atoms with Crippen LogP contribution < -0.4 is 5.32 Å². The van der Waals surface area contributed by atoms with E-state index in [0.717, 1.165) is 47.9 Å². The molecule has 3 rings (SSSR count). The molecule has 0 spiro atoms. The van der Waals surface area contributed by atoms with Gasteiger partial charge in [-0.05, 0) is 69.4 Å². The molecule has 1 heterocycles. The normalized spacial score (nSPS) is 16.7. The van der Waals surface area contributed by atoms with Crippen LogP contribution in [0.4, 0.5) is 0 Å². The van der Waals surface area contributed by atoms with Gasteiger partial charge < -0.3 is 5.32 Å². The van der Waals surface area contributed by atoms with Crippen LogP contribution in [0.2, 0.25) is 0 Å². The van der Waals surface area contributed by atoms with Crippen LogP contribution >= 0.6 is 0 Å². The Bertz CT molecular complexity index is 1020. The fourth-order valence-electron chi connectivity index (χ4n) is 4.02. The van der Waals surface area contributed by atoms with Gasteiger partial charge in [0.25, 0.3) is 5.91 Å². The van der Waals surface area contributed by atoms with Gasteiger partial charge in [-0.15, -0.1) is 0 Å². The van der Waals surface area contributed by atoms with Crippen molar-refractivity contribution in [1.29, 1.82) is 0 Å². The van der Waals surface area contributed by atoms with Crippen molar-refractivity contribution in [2.75, 3.05) is 13.1 Å². The van der Waals surface area contributed by atoms with E-state index in [1.54, 1.807) is 16.4 Å². The molecule has 1 aliphatic heterocycles. The summed E-state index contributed by atoms with van der Waals surface area (Å²) in [7, 11) is -3.60. The number of hydrogen-bond acceptors (Lipinski definition) is 3. The summed E-state index contributed by atoms with van der Waals surface area (Å²) in [5, 5.41) is 3.04. The molecule has 0 aromatic heterocycles. The van der Waals surface area contributed by atoms with Gasteiger partial charge in [-0.1, -0.05) is 42.7 Å². The van der Waals surface area contributed by atoms with Crippen LogP contribution in [-0.4, -0.2) is 31.7 Å². The highest BCUT2D eigenvalue weighted by Gasteiger charge is 2.26. The van der Waals surface area contributed by atoms with E-state index in [2.05, 4.69) is 17.4 Å². The quantitative estimate of drug-likeness (QED) is 0.753. The van der Waals surface area contributed by atoms with E-state index >= 15 is 0 Å². The Labute approximate surface area is 180 Å². The molecule has 2 aromatic rings. The highest BCUT2D eigenvalue weighted by Crippen LogP contribution is 2.24. The van der Waals surface area contributed by atoms with Crippen LogP contribution in [0.15, 0.2) is 41.3 Å². The first-order valence-electron chi connectivity index (χ1n) is 10.7. The topological polar surface area (TPSA) is 66.5 Å². The lowest BCUT2D eigenvalue weighted by atomic mass is 9.99. The number of carbonyl (C=O) groups is 1. The molecule has 1 fully saturated rings. The first-order valence-corrected chi connectivity index (χ1v) is 12.1. The predicted octanol–water partition coefficient (Wildman–Crippen LogP) is 4.67. The molecule has 5 nitrogen and oxygen atoms in total. The summed E-state index contributed by atoms with van der Waals surface area (Å²) in [4.78, 5) is 13.2. The zero-order valence-corrected chi connectivity index (χ0v) is 19.2. The molecule has 1 amide bonds. The second-order valence-electron chi connectivity index (χ2n) is 8.35. The molecule has 1 atom stereocenters. The van der Waals surface area contributed by atoms with Crippen LogP contribution in [0.3, 0.4) is 0 Å². The summed E-state index contributed by atoms with van der Waals surface area (Å²) in [6.45, 7) is 8.92. The fraction of sp³-hybridized carbons (Fsp3) is 0.458. The van der Waals surface area contributed by atoms with Gasteiger partial charge in [0.1, 0.15) is 0 Å². The molecule has 0 bridgehead atoms. The van der Waals surface area contributed by atoms with Gasteiger partial charge in [-0.2, -0.15) is 4.31 Å². The summed E-state index contributed by atoms with van der Waals surface area (Å²) in [6.07, 6.45) is 3.88. The Morgan fingerprint density at radius 2 is 1.57 bits per heavy atom. The molecule has 0 unspecified atom stereocenters. The number of benzene rings is 2. The highest BCUT2D eigenvalue weighted by atomic mass is 32.2. The molecule has 0 saturated carbocycles. The number of nitrogens with one attached hydrogen (secondary N) is 1. The van der Waals surface area contributed by atoms with Crippen LogP contribution in [0.25, 0.3) is 0 Å². The number of amides is 1. The minimum absolute atomic E-state index is 0.178. The largest absolute Gasteiger partial charge is 0.345 e. The zero-order valence-electron chi connectivity index (χ0n) is 18.4. The Kier molecular flexibility index (Phi) is 6.98. The van der Waals surface area contributed by atoms with Gasteiger partial charge in [-0.25, -0.2) is 8.42 Å². The molecular weight excluding hydrogens is 396 g/mol. The maximum atomic E-state index is 13.1. The van der Waals surface area contributed by atoms with Crippen molar-refractivity contribution < 1.29 is 13.2 Å². The molecule has 30 heavy (non-hydrogen) atoms. The fourth-order valence-corrected chi connectivity index (χ4v) is 5.56. The van der Waals surface area contributed by atoms with Crippen molar-refractivity contribution in [2.24, 2.45) is 0 Å². The molecule has 1 aliphatic rings. The summed E-state index contributed by atoms with van der Waals surface area (Å²) in [5.74, 6) is -0.256. The number of aryl methyl sites for hydroxylation is 3. The molecular formula is C24H32N2O3S. The summed E-state index contributed by atoms with van der Waals surface area (Å²) in [6, 6.07) is 10.9. The van der Waals surface area contributed by atoms with Crippen molar-refractivity contribution >= 4 is 15.9 Å². The summed E-state index contributed by atoms with van der Waals surface area (Å²) >= 11 is 0. The average molecular weight is 429 g/mol. The van der Waals surface area contributed by atoms with E-state index in [9.17, 15) is 13.2 Å². The Morgan fingerprint density at radius 1 is 0.933 bits per heavy atom. The molecule has 6 heteroatoms. The molecule has 1 saturated heterocycles. The second kappa shape index (κ2) is 9.31. The van der Waals surface area contributed by atoms with Crippen molar-refractivity contribution in [3.63, 3.8) is 0 Å². The molecule has 0 aliphatic carbocycles. The van der Waals surface area contributed by atoms with Gasteiger partial charge in [-0.3, -0.25) is 4.79 Å². The third-order valence-corrected chi connectivity index (χ3v) is 7.80. The van der Waals surface area contributed by atoms with E-state index in [4.69, 9.17) is 0 Å². The Morgan fingerprint density at radius 3 is 2.23 bits per heavy atom. The SMILES string of the molecule is Cc1ccc(C)c([C@H](C)NC(=O)c2cc(S(=O)(=O)N3CCCCCC3)ccc2C)c1. The second-order valence-corrected chi connectivity index (χ2v) is 10.3. The third kappa shape index (κ3) is 4.93. The number of rotatable bonds is 5. The van der Waals surface area contributed by atoms with E-state index in [1.165, 1.54) is 6.07 Å². The third-order valence-electron chi connectivity index (χ3n) is 5.91. The zero-order chi connectivity index (χ0) is 21.9. The van der Waals surface area contributed by atoms with E-state index in [0.29, 0.717) is 18.7 Å². The minimum Gasteiger partial charge on any atom is -0.345 e. The Hall–Kier alpha value is -2.18. The first-order chi connectivity index (χ1) is 14.2. The van der Waals surface area contributed by atoms with Gasteiger partial charge in [0.15, 0.2) is 0 Å². The van der Waals surface area contributed by atoms with Crippen LogP contribution in [-0.2, 0) is 10.0 Å². The van der Waals surface area contributed by atoms with E-state index in [-0.39, 0.29) is 16.8 Å². The lowest BCUT2D eigenvalue weighted by Crippen LogP contribution is -2.32. The molecule has 2 aromatic carbocycles. The van der Waals surface area contributed by atoms with Gasteiger partial charge >= 0.3 is 0 Å². The van der Waals surface area contributed by atoms with Crippen LogP contribution in [0.1, 0.15) is 71.3 Å². The average Bonchev–Trinajstić information content (AvgIpc) is 3.00. The number of carbonyl (C=O) groups excluding carboxylic acids is 1. The predicted molar refractivity (Wildman–Crippen MR) is 120 cm³/mol. The molecule has 162 valence electrons. The lowest BCUT2D eigenvalue weighted by Gasteiger charge is -2.21. The first kappa shape index (κ1) is 22.5.